The number of fused-ring (bicyclic) bond motifs is 13. The van der Waals surface area contributed by atoms with Crippen molar-refractivity contribution in [1.82, 2.24) is 28.7 Å². The van der Waals surface area contributed by atoms with Gasteiger partial charge in [-0.3, -0.25) is 0 Å². The summed E-state index contributed by atoms with van der Waals surface area (Å²) in [5.41, 5.74) is 15.2. The van der Waals surface area contributed by atoms with Crippen LogP contribution in [0.1, 0.15) is 5.56 Å². The van der Waals surface area contributed by atoms with Gasteiger partial charge in [0.05, 0.1) is 38.8 Å². The van der Waals surface area contributed by atoms with E-state index in [1.165, 1.54) is 38.0 Å². The number of furan rings is 1. The highest BCUT2D eigenvalue weighted by Crippen LogP contribution is 2.47. The molecule has 7 nitrogen and oxygen atoms in total. The van der Waals surface area contributed by atoms with E-state index in [1.54, 1.807) is 0 Å². The van der Waals surface area contributed by atoms with Crippen molar-refractivity contribution in [2.45, 2.75) is 6.92 Å². The standard InChI is InChI=1S/C64H40N6O/c1-39-37-55(61-60(47-28-14-18-32-56(47)71-61)57(39)64-66-62(40-19-5-2-6-20-40)65-63(67-64)41-21-7-3-8-22-41)70-52-34-33-43(69-49-29-15-11-25-44(49)45-26-12-16-30-50(45)69)38-48(52)59-54(70)36-35-53-58(59)46-27-13-17-31-51(46)68(53)42-23-9-4-10-24-42/h2-38H,1H3. The molecule has 15 rings (SSSR count). The minimum atomic E-state index is 0.590. The van der Waals surface area contributed by atoms with E-state index in [4.69, 9.17) is 19.4 Å². The van der Waals surface area contributed by atoms with Crippen molar-refractivity contribution in [2.24, 2.45) is 0 Å². The van der Waals surface area contributed by atoms with Crippen molar-refractivity contribution in [3.8, 4) is 51.2 Å². The van der Waals surface area contributed by atoms with Crippen molar-refractivity contribution >= 4 is 87.4 Å². The summed E-state index contributed by atoms with van der Waals surface area (Å²) in [5, 5.41) is 9.12. The molecule has 0 bridgehead atoms. The molecule has 10 aromatic carbocycles. The van der Waals surface area contributed by atoms with Crippen LogP contribution >= 0.6 is 0 Å². The molecule has 0 saturated heterocycles. The maximum atomic E-state index is 7.15. The highest BCUT2D eigenvalue weighted by Gasteiger charge is 2.27. The zero-order valence-electron chi connectivity index (χ0n) is 38.5. The third-order valence-electron chi connectivity index (χ3n) is 14.4. The van der Waals surface area contributed by atoms with Gasteiger partial charge in [0.2, 0.25) is 0 Å². The summed E-state index contributed by atoms with van der Waals surface area (Å²) in [6, 6.07) is 79.5. The van der Waals surface area contributed by atoms with Crippen molar-refractivity contribution in [3.63, 3.8) is 0 Å². The molecule has 0 saturated carbocycles. The van der Waals surface area contributed by atoms with E-state index >= 15 is 0 Å². The molecule has 15 aromatic rings. The molecule has 0 aliphatic carbocycles. The number of hydrogen-bond donors (Lipinski definition) is 0. The molecule has 0 aliphatic heterocycles. The van der Waals surface area contributed by atoms with Crippen LogP contribution in [0.25, 0.3) is 139 Å². The largest absolute Gasteiger partial charge is 0.454 e. The zero-order chi connectivity index (χ0) is 46.7. The van der Waals surface area contributed by atoms with Crippen LogP contribution in [0, 0.1) is 6.92 Å². The first-order chi connectivity index (χ1) is 35.2. The molecule has 0 fully saturated rings. The van der Waals surface area contributed by atoms with Crippen LogP contribution in [0.4, 0.5) is 0 Å². The average molecular weight is 909 g/mol. The topological polar surface area (TPSA) is 66.6 Å². The SMILES string of the molecule is Cc1cc(-n2c3ccc(-n4c5ccccc5c5ccccc54)cc3c3c4c5ccccc5n(-c5ccccc5)c4ccc32)c2oc3ccccc3c2c1-c1nc(-c2ccccc2)nc(-c2ccccc2)n1. The van der Waals surface area contributed by atoms with Crippen LogP contribution < -0.4 is 0 Å². The van der Waals surface area contributed by atoms with Gasteiger partial charge < -0.3 is 18.1 Å². The molecule has 0 spiro atoms. The molecule has 7 heteroatoms. The van der Waals surface area contributed by atoms with Gasteiger partial charge in [-0.25, -0.2) is 15.0 Å². The maximum absolute atomic E-state index is 7.15. The quantitative estimate of drug-likeness (QED) is 0.167. The van der Waals surface area contributed by atoms with E-state index in [-0.39, 0.29) is 0 Å². The Kier molecular flexibility index (Phi) is 8.44. The van der Waals surface area contributed by atoms with Crippen LogP contribution in [0.3, 0.4) is 0 Å². The van der Waals surface area contributed by atoms with Gasteiger partial charge in [0.25, 0.3) is 0 Å². The average Bonchev–Trinajstić information content (AvgIpc) is 4.18. The summed E-state index contributed by atoms with van der Waals surface area (Å²) >= 11 is 0. The monoisotopic (exact) mass is 908 g/mol. The van der Waals surface area contributed by atoms with Gasteiger partial charge >= 0.3 is 0 Å². The van der Waals surface area contributed by atoms with Crippen LogP contribution in [-0.2, 0) is 0 Å². The normalized spacial score (nSPS) is 12.0. The third-order valence-corrected chi connectivity index (χ3v) is 14.4. The van der Waals surface area contributed by atoms with Gasteiger partial charge in [0, 0.05) is 71.2 Å². The molecule has 0 aliphatic rings. The fourth-order valence-corrected chi connectivity index (χ4v) is 11.4. The molecule has 0 radical (unpaired) electrons. The summed E-state index contributed by atoms with van der Waals surface area (Å²) < 4.78 is 14.4. The first kappa shape index (κ1) is 39.4. The molecule has 0 unspecified atom stereocenters. The van der Waals surface area contributed by atoms with Crippen molar-refractivity contribution < 1.29 is 4.42 Å². The van der Waals surface area contributed by atoms with Crippen molar-refractivity contribution in [1.29, 1.82) is 0 Å². The second-order valence-electron chi connectivity index (χ2n) is 18.4. The molecule has 0 N–H and O–H groups in total. The molecule has 332 valence electrons. The van der Waals surface area contributed by atoms with Crippen LogP contribution in [0.15, 0.2) is 229 Å². The molecular formula is C64H40N6O. The van der Waals surface area contributed by atoms with Gasteiger partial charge in [0.1, 0.15) is 5.58 Å². The molecule has 5 heterocycles. The summed E-state index contributed by atoms with van der Waals surface area (Å²) in [5.74, 6) is 1.81. The van der Waals surface area contributed by atoms with Gasteiger partial charge in [-0.1, -0.05) is 152 Å². The first-order valence-electron chi connectivity index (χ1n) is 24.0. The molecule has 71 heavy (non-hydrogen) atoms. The number of aromatic nitrogens is 6. The lowest BCUT2D eigenvalue weighted by molar-refractivity contribution is 0.666. The van der Waals surface area contributed by atoms with Crippen LogP contribution in [-0.4, -0.2) is 28.7 Å². The van der Waals surface area contributed by atoms with E-state index in [2.05, 4.69) is 203 Å². The Labute approximate surface area is 406 Å². The number of rotatable bonds is 6. The molecule has 0 amide bonds. The highest BCUT2D eigenvalue weighted by atomic mass is 16.3. The number of aryl methyl sites for hydroxylation is 1. The number of para-hydroxylation sites is 5. The Balaban J connectivity index is 1.07. The van der Waals surface area contributed by atoms with Crippen molar-refractivity contribution in [3.05, 3.63) is 230 Å². The third kappa shape index (κ3) is 5.81. The predicted molar refractivity (Wildman–Crippen MR) is 291 cm³/mol. The lowest BCUT2D eigenvalue weighted by Gasteiger charge is -2.15. The van der Waals surface area contributed by atoms with Gasteiger partial charge in [-0.2, -0.15) is 0 Å². The van der Waals surface area contributed by atoms with E-state index in [1.807, 2.05) is 42.5 Å². The van der Waals surface area contributed by atoms with Gasteiger partial charge in [-0.15, -0.1) is 0 Å². The second-order valence-corrected chi connectivity index (χ2v) is 18.4. The smallest absolute Gasteiger partial charge is 0.165 e. The predicted octanol–water partition coefficient (Wildman–Crippen LogP) is 16.4. The summed E-state index contributed by atoms with van der Waals surface area (Å²) in [7, 11) is 0. The summed E-state index contributed by atoms with van der Waals surface area (Å²) in [6.45, 7) is 2.17. The Morgan fingerprint density at radius 2 is 0.803 bits per heavy atom. The minimum absolute atomic E-state index is 0.590. The van der Waals surface area contributed by atoms with Gasteiger partial charge in [0.15, 0.2) is 23.1 Å². The molecular weight excluding hydrogens is 869 g/mol. The number of nitrogens with zero attached hydrogens (tertiary/aromatic N) is 6. The molecule has 0 atom stereocenters. The zero-order valence-corrected chi connectivity index (χ0v) is 38.5. The van der Waals surface area contributed by atoms with E-state index < -0.39 is 0 Å². The van der Waals surface area contributed by atoms with E-state index in [0.29, 0.717) is 17.5 Å². The van der Waals surface area contributed by atoms with Crippen LogP contribution in [0.5, 0.6) is 0 Å². The fourth-order valence-electron chi connectivity index (χ4n) is 11.4. The Morgan fingerprint density at radius 1 is 0.338 bits per heavy atom. The number of benzene rings is 10. The Bertz CT molecular complexity index is 4530. The molecule has 5 aromatic heterocycles. The Morgan fingerprint density at radius 3 is 1.45 bits per heavy atom. The minimum Gasteiger partial charge on any atom is -0.454 e. The highest BCUT2D eigenvalue weighted by molar-refractivity contribution is 6.29. The van der Waals surface area contributed by atoms with Gasteiger partial charge in [-0.05, 0) is 85.3 Å². The maximum Gasteiger partial charge on any atom is 0.165 e. The first-order valence-corrected chi connectivity index (χ1v) is 24.0. The van der Waals surface area contributed by atoms with E-state index in [0.717, 1.165) is 88.7 Å². The van der Waals surface area contributed by atoms with Crippen LogP contribution in [0.2, 0.25) is 0 Å². The van der Waals surface area contributed by atoms with Crippen molar-refractivity contribution in [2.75, 3.05) is 0 Å². The van der Waals surface area contributed by atoms with E-state index in [9.17, 15) is 0 Å². The number of hydrogen-bond acceptors (Lipinski definition) is 4. The second kappa shape index (κ2) is 15.2. The fraction of sp³-hybridized carbons (Fsp3) is 0.0156. The Hall–Kier alpha value is -9.59. The summed E-state index contributed by atoms with van der Waals surface area (Å²) in [4.78, 5) is 15.6. The lowest BCUT2D eigenvalue weighted by Crippen LogP contribution is -2.03. The lowest BCUT2D eigenvalue weighted by atomic mass is 9.99. The summed E-state index contributed by atoms with van der Waals surface area (Å²) in [6.07, 6.45) is 0.